The normalized spacial score (nSPS) is 12.5. The van der Waals surface area contributed by atoms with Gasteiger partial charge in [0.2, 0.25) is 9.05 Å². The Bertz CT molecular complexity index is 544. The Balaban J connectivity index is 3.44. The molecule has 4 nitrogen and oxygen atoms in total. The van der Waals surface area contributed by atoms with E-state index >= 15 is 0 Å². The molecule has 1 aromatic rings. The molecule has 0 radical (unpaired) electrons. The molecule has 1 rings (SSSR count). The molecule has 0 amide bonds. The van der Waals surface area contributed by atoms with E-state index in [2.05, 4.69) is 0 Å². The van der Waals surface area contributed by atoms with Gasteiger partial charge in [-0.2, -0.15) is 0 Å². The zero-order valence-electron chi connectivity index (χ0n) is 10.8. The van der Waals surface area contributed by atoms with Gasteiger partial charge in [0.05, 0.1) is 12.9 Å². The van der Waals surface area contributed by atoms with E-state index in [4.69, 9.17) is 15.4 Å². The number of hydrogen-bond donors (Lipinski definition) is 1. The molecule has 102 valence electrons. The van der Waals surface area contributed by atoms with Crippen LogP contribution >= 0.6 is 10.7 Å². The molecule has 0 spiro atoms. The Hall–Kier alpha value is -0.940. The van der Waals surface area contributed by atoms with Crippen molar-refractivity contribution in [2.24, 2.45) is 0 Å². The molecule has 0 aliphatic rings. The quantitative estimate of drug-likeness (QED) is 0.870. The summed E-state index contributed by atoms with van der Waals surface area (Å²) in [5.41, 5.74) is 0.537. The van der Waals surface area contributed by atoms with E-state index in [1.807, 2.05) is 20.8 Å². The van der Waals surface area contributed by atoms with E-state index in [-0.39, 0.29) is 16.7 Å². The van der Waals surface area contributed by atoms with Crippen molar-refractivity contribution in [3.63, 3.8) is 0 Å². The van der Waals surface area contributed by atoms with Crippen molar-refractivity contribution < 1.29 is 18.3 Å². The van der Waals surface area contributed by atoms with Gasteiger partial charge in [-0.1, -0.05) is 20.8 Å². The molecule has 0 saturated heterocycles. The molecule has 0 saturated carbocycles. The highest BCUT2D eigenvalue weighted by Gasteiger charge is 2.23. The van der Waals surface area contributed by atoms with Crippen molar-refractivity contribution in [1.29, 1.82) is 0 Å². The van der Waals surface area contributed by atoms with Crippen LogP contribution in [0.2, 0.25) is 0 Å². The molecule has 18 heavy (non-hydrogen) atoms. The minimum atomic E-state index is -3.73. The average Bonchev–Trinajstić information content (AvgIpc) is 2.17. The van der Waals surface area contributed by atoms with Gasteiger partial charge in [-0.3, -0.25) is 0 Å². The van der Waals surface area contributed by atoms with Gasteiger partial charge in [0.25, 0.3) is 0 Å². The summed E-state index contributed by atoms with van der Waals surface area (Å²) < 4.78 is 27.4. The van der Waals surface area contributed by atoms with Gasteiger partial charge in [-0.25, -0.2) is 8.42 Å². The first-order chi connectivity index (χ1) is 8.04. The topological polar surface area (TPSA) is 63.6 Å². The second-order valence-electron chi connectivity index (χ2n) is 5.12. The second-order valence-corrected chi connectivity index (χ2v) is 7.89. The second kappa shape index (κ2) is 4.97. The summed E-state index contributed by atoms with van der Waals surface area (Å²) in [5, 5.41) is 10.1. The summed E-state index contributed by atoms with van der Waals surface area (Å²) >= 11 is 0. The molecule has 6 heteroatoms. The minimum absolute atomic E-state index is 0.0486. The van der Waals surface area contributed by atoms with E-state index in [9.17, 15) is 13.5 Å². The van der Waals surface area contributed by atoms with E-state index < -0.39 is 14.8 Å². The van der Waals surface area contributed by atoms with Crippen molar-refractivity contribution >= 4 is 19.7 Å². The Kier molecular flexibility index (Phi) is 4.18. The van der Waals surface area contributed by atoms with Crippen LogP contribution in [0.1, 0.15) is 31.9 Å². The van der Waals surface area contributed by atoms with Gasteiger partial charge in [-0.05, 0) is 17.5 Å². The van der Waals surface area contributed by atoms with Gasteiger partial charge in [0, 0.05) is 21.8 Å². The minimum Gasteiger partial charge on any atom is -0.507 e. The Morgan fingerprint density at radius 1 is 1.33 bits per heavy atom. The number of phenols is 1. The number of ether oxygens (including phenoxy) is 1. The number of phenolic OH excluding ortho intramolecular Hbond substituents is 1. The first-order valence-electron chi connectivity index (χ1n) is 5.37. The van der Waals surface area contributed by atoms with Crippen LogP contribution in [0.3, 0.4) is 0 Å². The monoisotopic (exact) mass is 292 g/mol. The largest absolute Gasteiger partial charge is 0.507 e. The number of aromatic hydroxyl groups is 1. The Labute approximate surface area is 112 Å². The lowest BCUT2D eigenvalue weighted by molar-refractivity contribution is 0.403. The number of methoxy groups -OCH3 is 1. The summed E-state index contributed by atoms with van der Waals surface area (Å²) in [5.74, 6) is 0.0151. The fraction of sp³-hybridized carbons (Fsp3) is 0.500. The lowest BCUT2D eigenvalue weighted by atomic mass is 9.85. The lowest BCUT2D eigenvalue weighted by Crippen LogP contribution is -2.13. The van der Waals surface area contributed by atoms with Gasteiger partial charge < -0.3 is 9.84 Å². The zero-order chi connectivity index (χ0) is 14.1. The Morgan fingerprint density at radius 3 is 2.28 bits per heavy atom. The molecule has 0 fully saturated rings. The molecule has 1 N–H and O–H groups in total. The van der Waals surface area contributed by atoms with Crippen molar-refractivity contribution in [3.05, 3.63) is 23.3 Å². The van der Waals surface area contributed by atoms with Crippen LogP contribution in [0, 0.1) is 0 Å². The average molecular weight is 293 g/mol. The van der Waals surface area contributed by atoms with Crippen molar-refractivity contribution in [2.75, 3.05) is 7.11 Å². The van der Waals surface area contributed by atoms with Crippen LogP contribution in [0.4, 0.5) is 0 Å². The molecular weight excluding hydrogens is 276 g/mol. The maximum atomic E-state index is 11.1. The summed E-state index contributed by atoms with van der Waals surface area (Å²) in [6.07, 6.45) is 0. The van der Waals surface area contributed by atoms with Crippen molar-refractivity contribution in [2.45, 2.75) is 31.9 Å². The lowest BCUT2D eigenvalue weighted by Gasteiger charge is -2.22. The van der Waals surface area contributed by atoms with Gasteiger partial charge in [0.15, 0.2) is 0 Å². The number of rotatable bonds is 3. The first-order valence-corrected chi connectivity index (χ1v) is 7.85. The highest BCUT2D eigenvalue weighted by molar-refractivity contribution is 8.13. The molecule has 0 atom stereocenters. The maximum absolute atomic E-state index is 11.1. The highest BCUT2D eigenvalue weighted by Crippen LogP contribution is 2.37. The van der Waals surface area contributed by atoms with Crippen LogP contribution in [0.15, 0.2) is 12.1 Å². The van der Waals surface area contributed by atoms with E-state index in [0.29, 0.717) is 11.3 Å². The van der Waals surface area contributed by atoms with E-state index in [0.717, 1.165) is 0 Å². The summed E-state index contributed by atoms with van der Waals surface area (Å²) in [6, 6.07) is 3.17. The van der Waals surface area contributed by atoms with Gasteiger partial charge >= 0.3 is 0 Å². The highest BCUT2D eigenvalue weighted by atomic mass is 35.7. The third kappa shape index (κ3) is 3.78. The fourth-order valence-electron chi connectivity index (χ4n) is 1.65. The van der Waals surface area contributed by atoms with Crippen LogP contribution in [0.25, 0.3) is 0 Å². The van der Waals surface area contributed by atoms with Crippen molar-refractivity contribution in [3.8, 4) is 11.5 Å². The molecular formula is C12H17ClO4S. The first kappa shape index (κ1) is 15.1. The van der Waals surface area contributed by atoms with Crippen LogP contribution in [-0.4, -0.2) is 20.6 Å². The molecule has 0 heterocycles. The SMILES string of the molecule is COc1cc(CS(=O)(=O)Cl)c(O)c(C(C)(C)C)c1. The molecule has 0 aromatic heterocycles. The summed E-state index contributed by atoms with van der Waals surface area (Å²) in [6.45, 7) is 5.75. The molecule has 0 bridgehead atoms. The van der Waals surface area contributed by atoms with Crippen LogP contribution in [0.5, 0.6) is 11.5 Å². The molecule has 0 aliphatic heterocycles. The number of benzene rings is 1. The van der Waals surface area contributed by atoms with Crippen LogP contribution in [-0.2, 0) is 20.2 Å². The van der Waals surface area contributed by atoms with Crippen LogP contribution < -0.4 is 4.74 Å². The van der Waals surface area contributed by atoms with E-state index in [1.54, 1.807) is 6.07 Å². The third-order valence-corrected chi connectivity index (χ3v) is 3.52. The predicted octanol–water partition coefficient (Wildman–Crippen LogP) is 2.77. The maximum Gasteiger partial charge on any atom is 0.236 e. The predicted molar refractivity (Wildman–Crippen MR) is 71.8 cm³/mol. The standard InChI is InChI=1S/C12H17ClO4S/c1-12(2,3)10-6-9(17-4)5-8(11(10)14)7-18(13,15)16/h5-6,14H,7H2,1-4H3. The number of halogens is 1. The Morgan fingerprint density at radius 2 is 1.89 bits per heavy atom. The van der Waals surface area contributed by atoms with Gasteiger partial charge in [-0.15, -0.1) is 0 Å². The zero-order valence-corrected chi connectivity index (χ0v) is 12.4. The molecule has 0 aliphatic carbocycles. The molecule has 0 unspecified atom stereocenters. The molecule has 1 aromatic carbocycles. The van der Waals surface area contributed by atoms with E-state index in [1.165, 1.54) is 13.2 Å². The summed E-state index contributed by atoms with van der Waals surface area (Å²) in [4.78, 5) is 0. The smallest absolute Gasteiger partial charge is 0.236 e. The number of hydrogen-bond acceptors (Lipinski definition) is 4. The van der Waals surface area contributed by atoms with Crippen molar-refractivity contribution in [1.82, 2.24) is 0 Å². The van der Waals surface area contributed by atoms with Gasteiger partial charge in [0.1, 0.15) is 11.5 Å². The summed E-state index contributed by atoms with van der Waals surface area (Å²) in [7, 11) is 2.98. The third-order valence-electron chi connectivity index (χ3n) is 2.53. The fourth-order valence-corrected chi connectivity index (χ4v) is 2.59.